The number of nitrogens with zero attached hydrogens (tertiary/aromatic N) is 5. The SMILES string of the molecule is NC(=S)c1ccc[n+]([C@@H]2O[C@@H](COP(=O)([O-])OP(=O)(O)OC[C@H]3O[C@@H](n4cnc5c(N)ncnc54)C(OP(=O)([O-])O)[C@H]3O)C(O)C2O)c1.[Na+]. The molecule has 11 atom stereocenters. The second-order valence-corrected chi connectivity index (χ2v) is 14.8. The predicted octanol–water partition coefficient (Wildman–Crippen LogP) is -6.62. The van der Waals surface area contributed by atoms with Gasteiger partial charge in [-0.2, -0.15) is 4.57 Å². The molecule has 2 aliphatic rings. The fourth-order valence-electron chi connectivity index (χ4n) is 4.82. The molecule has 2 saturated heterocycles. The Kier molecular flexibility index (Phi) is 12.9. The maximum Gasteiger partial charge on any atom is 1.00 e. The van der Waals surface area contributed by atoms with Gasteiger partial charge in [0.05, 0.1) is 25.1 Å². The van der Waals surface area contributed by atoms with Crippen LogP contribution in [0.2, 0.25) is 0 Å². The molecule has 264 valence electrons. The summed E-state index contributed by atoms with van der Waals surface area (Å²) in [5, 5.41) is 31.5. The number of ether oxygens (including phenoxy) is 2. The Morgan fingerprint density at radius 3 is 2.39 bits per heavy atom. The Bertz CT molecular complexity index is 1820. The number of aliphatic hydroxyl groups excluding tert-OH is 3. The van der Waals surface area contributed by atoms with Crippen LogP contribution in [-0.2, 0) is 41.1 Å². The van der Waals surface area contributed by atoms with E-state index in [4.69, 9.17) is 33.2 Å². The van der Waals surface area contributed by atoms with Crippen LogP contribution in [-0.4, -0.2) is 99.5 Å². The first-order valence-electron chi connectivity index (χ1n) is 13.3. The number of aliphatic hydroxyl groups is 3. The van der Waals surface area contributed by atoms with E-state index >= 15 is 0 Å². The molecule has 49 heavy (non-hydrogen) atoms. The van der Waals surface area contributed by atoms with Crippen LogP contribution in [0, 0.1) is 0 Å². The van der Waals surface area contributed by atoms with E-state index in [9.17, 15) is 48.6 Å². The summed E-state index contributed by atoms with van der Waals surface area (Å²) in [5.41, 5.74) is 11.8. The van der Waals surface area contributed by atoms with Gasteiger partial charge in [-0.1, -0.05) is 12.2 Å². The van der Waals surface area contributed by atoms with Gasteiger partial charge in [0, 0.05) is 6.07 Å². The van der Waals surface area contributed by atoms with Crippen LogP contribution in [0.3, 0.4) is 0 Å². The Morgan fingerprint density at radius 1 is 1.04 bits per heavy atom. The van der Waals surface area contributed by atoms with Crippen molar-refractivity contribution in [3.63, 3.8) is 0 Å². The van der Waals surface area contributed by atoms with Crippen molar-refractivity contribution in [3.05, 3.63) is 42.7 Å². The van der Waals surface area contributed by atoms with Crippen molar-refractivity contribution in [2.45, 2.75) is 49.1 Å². The Morgan fingerprint density at radius 2 is 1.71 bits per heavy atom. The number of imidazole rings is 1. The fourth-order valence-corrected chi connectivity index (χ4v) is 7.53. The van der Waals surface area contributed by atoms with Crippen molar-refractivity contribution in [2.24, 2.45) is 5.73 Å². The molecule has 0 spiro atoms. The fraction of sp³-hybridized carbons (Fsp3) is 0.476. The van der Waals surface area contributed by atoms with E-state index in [-0.39, 0.29) is 51.5 Å². The van der Waals surface area contributed by atoms with Gasteiger partial charge in [0.15, 0.2) is 36.2 Å². The number of phosphoric acid groups is 3. The Hall–Kier alpha value is -1.44. The van der Waals surface area contributed by atoms with Crippen molar-refractivity contribution in [3.8, 4) is 0 Å². The molecule has 6 unspecified atom stereocenters. The first-order chi connectivity index (χ1) is 22.4. The van der Waals surface area contributed by atoms with Crippen LogP contribution in [0.5, 0.6) is 0 Å². The van der Waals surface area contributed by atoms with Gasteiger partial charge in [0.2, 0.25) is 0 Å². The standard InChI is InChI=1S/C21H28N7O16P3S.Na/c22-17-12-19(25-7-24-17)28(8-26-12)21-16(43-45(32,33)34)14(30)11(42-21)6-40-47(37,38)44-46(35,36)39-5-10-13(29)15(31)20(41-10)27-3-1-2-9(4-27)18(23)48;/h1-4,7-8,10-11,13-16,20-21,29-31H,5-6H2,(H7-,22,23,24,25,32,33,34,35,36,37,38,48);/q;+1/p-1/t10-,11+,13?,14-,15?,16?,20+,21+;/m0./s1. The number of pyridine rings is 1. The zero-order valence-electron chi connectivity index (χ0n) is 24.9. The van der Waals surface area contributed by atoms with Crippen LogP contribution in [0.15, 0.2) is 37.2 Å². The van der Waals surface area contributed by atoms with E-state index < -0.39 is 85.8 Å². The van der Waals surface area contributed by atoms with E-state index in [1.54, 1.807) is 6.07 Å². The number of rotatable bonds is 13. The number of nitrogen functional groups attached to an aromatic ring is 1. The second-order valence-electron chi connectivity index (χ2n) is 10.2. The van der Waals surface area contributed by atoms with Crippen molar-refractivity contribution in [2.75, 3.05) is 18.9 Å². The average molecular weight is 781 g/mol. The van der Waals surface area contributed by atoms with E-state index in [1.165, 1.54) is 23.0 Å². The summed E-state index contributed by atoms with van der Waals surface area (Å²) in [5.74, 6) is -0.0692. The summed E-state index contributed by atoms with van der Waals surface area (Å²) in [6, 6.07) is 3.11. The zero-order valence-corrected chi connectivity index (χ0v) is 30.4. The third-order valence-electron chi connectivity index (χ3n) is 6.97. The molecule has 3 aromatic heterocycles. The molecule has 0 saturated carbocycles. The van der Waals surface area contributed by atoms with Crippen molar-refractivity contribution < 1.29 is 110 Å². The summed E-state index contributed by atoms with van der Waals surface area (Å²) in [4.78, 5) is 55.0. The van der Waals surface area contributed by atoms with Gasteiger partial charge in [-0.3, -0.25) is 18.2 Å². The van der Waals surface area contributed by atoms with E-state index in [0.717, 1.165) is 17.2 Å². The summed E-state index contributed by atoms with van der Waals surface area (Å²) in [6.45, 7) is -2.09. The van der Waals surface area contributed by atoms with Crippen LogP contribution >= 0.6 is 35.7 Å². The average Bonchev–Trinajstić information content (AvgIpc) is 3.64. The first kappa shape index (κ1) is 40.3. The zero-order chi connectivity index (χ0) is 35.2. The number of hydrogen-bond acceptors (Lipinski definition) is 19. The minimum absolute atomic E-state index is 0. The maximum atomic E-state index is 12.5. The molecule has 2 aliphatic heterocycles. The minimum Gasteiger partial charge on any atom is -0.756 e. The number of phosphoric ester groups is 3. The molecule has 3 aromatic rings. The van der Waals surface area contributed by atoms with Crippen molar-refractivity contribution in [1.82, 2.24) is 19.5 Å². The summed E-state index contributed by atoms with van der Waals surface area (Å²) >= 11 is 4.91. The van der Waals surface area contributed by atoms with Crippen molar-refractivity contribution >= 4 is 57.7 Å². The van der Waals surface area contributed by atoms with Crippen LogP contribution in [0.25, 0.3) is 11.2 Å². The molecule has 0 aromatic carbocycles. The van der Waals surface area contributed by atoms with Crippen LogP contribution < -0.4 is 55.4 Å². The largest absolute Gasteiger partial charge is 1.00 e. The molecule has 0 radical (unpaired) electrons. The normalized spacial score (nSPS) is 30.7. The maximum absolute atomic E-state index is 12.5. The van der Waals surface area contributed by atoms with Crippen molar-refractivity contribution in [1.29, 1.82) is 0 Å². The molecule has 5 rings (SSSR count). The quantitative estimate of drug-likeness (QED) is 0.0367. The van der Waals surface area contributed by atoms with Gasteiger partial charge in [0.1, 0.15) is 47.4 Å². The summed E-state index contributed by atoms with van der Waals surface area (Å²) in [7, 11) is -16.8. The van der Waals surface area contributed by atoms with Gasteiger partial charge in [0.25, 0.3) is 21.9 Å². The summed E-state index contributed by atoms with van der Waals surface area (Å²) in [6.07, 6.45) is -8.19. The van der Waals surface area contributed by atoms with Gasteiger partial charge in [-0.15, -0.1) is 0 Å². The van der Waals surface area contributed by atoms with Gasteiger partial charge in [-0.05, 0) is 6.07 Å². The number of aromatic nitrogens is 5. The topological polar surface area (TPSA) is 353 Å². The smallest absolute Gasteiger partial charge is 0.756 e. The molecular weight excluding hydrogens is 754 g/mol. The molecular formula is C21H27N7NaO16P3S. The molecule has 0 bridgehead atoms. The molecule has 28 heteroatoms. The monoisotopic (exact) mass is 781 g/mol. The molecule has 0 amide bonds. The number of anilines is 1. The molecule has 5 heterocycles. The predicted molar refractivity (Wildman–Crippen MR) is 153 cm³/mol. The second kappa shape index (κ2) is 15.7. The summed E-state index contributed by atoms with van der Waals surface area (Å²) < 4.78 is 67.9. The molecule has 2 fully saturated rings. The van der Waals surface area contributed by atoms with Crippen LogP contribution in [0.1, 0.15) is 18.0 Å². The molecule has 9 N–H and O–H groups in total. The third kappa shape index (κ3) is 9.52. The van der Waals surface area contributed by atoms with E-state index in [1.807, 2.05) is 0 Å². The number of fused-ring (bicyclic) bond motifs is 1. The van der Waals surface area contributed by atoms with Gasteiger partial charge < -0.3 is 64.9 Å². The van der Waals surface area contributed by atoms with Gasteiger partial charge in [-0.25, -0.2) is 23.8 Å². The minimum atomic E-state index is -5.70. The van der Waals surface area contributed by atoms with Crippen LogP contribution in [0.4, 0.5) is 5.82 Å². The number of nitrogens with two attached hydrogens (primary N) is 2. The molecule has 23 nitrogen and oxygen atoms in total. The molecule has 0 aliphatic carbocycles. The van der Waals surface area contributed by atoms with Gasteiger partial charge >= 0.3 is 37.4 Å². The number of hydrogen-bond donors (Lipinski definition) is 7. The first-order valence-corrected chi connectivity index (χ1v) is 18.2. The Balaban J connectivity index is 0.00000541. The third-order valence-corrected chi connectivity index (χ3v) is 10.3. The number of thiocarbonyl (C=S) groups is 1. The van der Waals surface area contributed by atoms with E-state index in [0.29, 0.717) is 5.56 Å². The Labute approximate surface area is 302 Å². The van der Waals surface area contributed by atoms with E-state index in [2.05, 4.69) is 32.8 Å².